The predicted octanol–water partition coefficient (Wildman–Crippen LogP) is 2.24. The Morgan fingerprint density at radius 2 is 2.08 bits per heavy atom. The van der Waals surface area contributed by atoms with E-state index in [0.717, 1.165) is 24.2 Å². The molecule has 0 atom stereocenters. The molecule has 1 fully saturated rings. The van der Waals surface area contributed by atoms with E-state index in [1.165, 1.54) is 6.33 Å². The number of carbonyl (C=O) groups excluding carboxylic acids is 1. The summed E-state index contributed by atoms with van der Waals surface area (Å²) in [5.41, 5.74) is 1.12. The number of rotatable bonds is 4. The second-order valence-electron chi connectivity index (χ2n) is 6.12. The van der Waals surface area contributed by atoms with Gasteiger partial charge in [0, 0.05) is 49.4 Å². The Labute approximate surface area is 150 Å². The molecule has 132 valence electrons. The summed E-state index contributed by atoms with van der Waals surface area (Å²) in [6.45, 7) is 1.33. The van der Waals surface area contributed by atoms with Crippen molar-refractivity contribution in [2.24, 2.45) is 0 Å². The summed E-state index contributed by atoms with van der Waals surface area (Å²) in [5.74, 6) is 1.24. The molecule has 8 heteroatoms. The number of hydrogen-bond acceptors (Lipinski definition) is 7. The summed E-state index contributed by atoms with van der Waals surface area (Å²) in [4.78, 5) is 26.6. The van der Waals surface area contributed by atoms with Crippen LogP contribution in [-0.2, 0) is 0 Å². The number of pyridine rings is 1. The van der Waals surface area contributed by atoms with Gasteiger partial charge in [0.25, 0.3) is 5.91 Å². The van der Waals surface area contributed by atoms with Gasteiger partial charge in [0.2, 0.25) is 0 Å². The zero-order valence-corrected chi connectivity index (χ0v) is 14.1. The van der Waals surface area contributed by atoms with E-state index in [1.807, 2.05) is 23.1 Å². The fraction of sp³-hybridized carbons (Fsp3) is 0.278. The largest absolute Gasteiger partial charge is 0.367 e. The SMILES string of the molecule is O=C(c1cc(-c2cccnc2)on1)N1CCC(Nc2ccncn2)CC1. The van der Waals surface area contributed by atoms with Crippen molar-refractivity contribution < 1.29 is 9.32 Å². The van der Waals surface area contributed by atoms with Crippen LogP contribution in [0.3, 0.4) is 0 Å². The predicted molar refractivity (Wildman–Crippen MR) is 94.3 cm³/mol. The van der Waals surface area contributed by atoms with E-state index in [2.05, 4.69) is 25.4 Å². The van der Waals surface area contributed by atoms with Crippen molar-refractivity contribution in [3.8, 4) is 11.3 Å². The third-order valence-electron chi connectivity index (χ3n) is 4.39. The molecule has 4 heterocycles. The highest BCUT2D eigenvalue weighted by Crippen LogP contribution is 2.21. The van der Waals surface area contributed by atoms with Gasteiger partial charge in [-0.1, -0.05) is 5.16 Å². The number of aromatic nitrogens is 4. The molecule has 1 N–H and O–H groups in total. The first-order chi connectivity index (χ1) is 12.8. The van der Waals surface area contributed by atoms with Crippen molar-refractivity contribution in [2.75, 3.05) is 18.4 Å². The number of amides is 1. The maximum atomic E-state index is 12.7. The van der Waals surface area contributed by atoms with Crippen molar-refractivity contribution in [3.63, 3.8) is 0 Å². The van der Waals surface area contributed by atoms with Crippen LogP contribution in [0.4, 0.5) is 5.82 Å². The van der Waals surface area contributed by atoms with Gasteiger partial charge >= 0.3 is 0 Å². The molecule has 26 heavy (non-hydrogen) atoms. The zero-order valence-electron chi connectivity index (χ0n) is 14.1. The quantitative estimate of drug-likeness (QED) is 0.770. The number of anilines is 1. The molecule has 0 unspecified atom stereocenters. The van der Waals surface area contributed by atoms with Crippen LogP contribution in [0, 0.1) is 0 Å². The highest BCUT2D eigenvalue weighted by Gasteiger charge is 2.26. The van der Waals surface area contributed by atoms with E-state index in [0.29, 0.717) is 24.5 Å². The van der Waals surface area contributed by atoms with E-state index < -0.39 is 0 Å². The van der Waals surface area contributed by atoms with Crippen LogP contribution in [0.2, 0.25) is 0 Å². The fourth-order valence-electron chi connectivity index (χ4n) is 2.99. The first kappa shape index (κ1) is 16.2. The molecule has 0 aliphatic carbocycles. The first-order valence-corrected chi connectivity index (χ1v) is 8.48. The van der Waals surface area contributed by atoms with Gasteiger partial charge in [0.05, 0.1) is 0 Å². The van der Waals surface area contributed by atoms with Crippen molar-refractivity contribution in [1.29, 1.82) is 0 Å². The first-order valence-electron chi connectivity index (χ1n) is 8.48. The van der Waals surface area contributed by atoms with Crippen LogP contribution in [0.1, 0.15) is 23.3 Å². The highest BCUT2D eigenvalue weighted by atomic mass is 16.5. The number of hydrogen-bond donors (Lipinski definition) is 1. The molecule has 1 saturated heterocycles. The lowest BCUT2D eigenvalue weighted by atomic mass is 10.0. The molecule has 4 rings (SSSR count). The van der Waals surface area contributed by atoms with Crippen LogP contribution in [0.15, 0.2) is 53.7 Å². The van der Waals surface area contributed by atoms with Gasteiger partial charge in [0.1, 0.15) is 12.1 Å². The van der Waals surface area contributed by atoms with Gasteiger partial charge in [-0.15, -0.1) is 0 Å². The summed E-state index contributed by atoms with van der Waals surface area (Å²) in [6, 6.07) is 7.48. The van der Waals surface area contributed by atoms with E-state index in [9.17, 15) is 4.79 Å². The van der Waals surface area contributed by atoms with Gasteiger partial charge in [-0.25, -0.2) is 9.97 Å². The normalized spacial score (nSPS) is 15.0. The fourth-order valence-corrected chi connectivity index (χ4v) is 2.99. The van der Waals surface area contributed by atoms with Gasteiger partial charge in [-0.2, -0.15) is 0 Å². The number of nitrogens with one attached hydrogen (secondary N) is 1. The Bertz CT molecular complexity index is 860. The van der Waals surface area contributed by atoms with Gasteiger partial charge in [-0.05, 0) is 31.0 Å². The van der Waals surface area contributed by atoms with Crippen molar-refractivity contribution >= 4 is 11.7 Å². The van der Waals surface area contributed by atoms with Crippen LogP contribution in [-0.4, -0.2) is 50.0 Å². The lowest BCUT2D eigenvalue weighted by Crippen LogP contribution is -2.42. The monoisotopic (exact) mass is 350 g/mol. The smallest absolute Gasteiger partial charge is 0.276 e. The molecular formula is C18H18N6O2. The maximum absolute atomic E-state index is 12.7. The number of nitrogens with zero attached hydrogens (tertiary/aromatic N) is 5. The van der Waals surface area contributed by atoms with E-state index in [4.69, 9.17) is 4.52 Å². The number of piperidine rings is 1. The molecule has 1 aliphatic rings. The summed E-state index contributed by atoms with van der Waals surface area (Å²) < 4.78 is 5.30. The minimum atomic E-state index is -0.107. The molecule has 0 aromatic carbocycles. The Balaban J connectivity index is 1.36. The zero-order chi connectivity index (χ0) is 17.8. The van der Waals surface area contributed by atoms with Crippen LogP contribution < -0.4 is 5.32 Å². The van der Waals surface area contributed by atoms with E-state index in [1.54, 1.807) is 24.7 Å². The topological polar surface area (TPSA) is 97.0 Å². The molecule has 0 radical (unpaired) electrons. The van der Waals surface area contributed by atoms with Gasteiger partial charge in [-0.3, -0.25) is 9.78 Å². The molecule has 0 saturated carbocycles. The molecule has 0 spiro atoms. The summed E-state index contributed by atoms with van der Waals surface area (Å²) in [5, 5.41) is 7.30. The average molecular weight is 350 g/mol. The molecule has 1 aliphatic heterocycles. The minimum absolute atomic E-state index is 0.107. The van der Waals surface area contributed by atoms with Crippen LogP contribution >= 0.6 is 0 Å². The molecular weight excluding hydrogens is 332 g/mol. The molecule has 0 bridgehead atoms. The number of likely N-dealkylation sites (tertiary alicyclic amines) is 1. The van der Waals surface area contributed by atoms with Crippen molar-refractivity contribution in [1.82, 2.24) is 25.0 Å². The standard InChI is InChI=1S/C18H18N6O2/c25-18(15-10-16(26-23-15)13-2-1-6-19-11-13)24-8-4-14(5-9-24)22-17-3-7-20-12-21-17/h1-3,6-7,10-12,14H,4-5,8-9H2,(H,20,21,22). The Morgan fingerprint density at radius 1 is 1.19 bits per heavy atom. The average Bonchev–Trinajstić information content (AvgIpc) is 3.20. The van der Waals surface area contributed by atoms with Crippen LogP contribution in [0.25, 0.3) is 11.3 Å². The molecule has 8 nitrogen and oxygen atoms in total. The second kappa shape index (κ2) is 7.30. The van der Waals surface area contributed by atoms with Crippen molar-refractivity contribution in [3.05, 3.63) is 54.9 Å². The number of carbonyl (C=O) groups is 1. The molecule has 3 aromatic rings. The summed E-state index contributed by atoms with van der Waals surface area (Å²) in [6.07, 6.45) is 8.29. The maximum Gasteiger partial charge on any atom is 0.276 e. The van der Waals surface area contributed by atoms with Crippen LogP contribution in [0.5, 0.6) is 0 Å². The lowest BCUT2D eigenvalue weighted by Gasteiger charge is -2.32. The third-order valence-corrected chi connectivity index (χ3v) is 4.39. The van der Waals surface area contributed by atoms with Gasteiger partial charge < -0.3 is 14.7 Å². The Kier molecular flexibility index (Phi) is 4.55. The van der Waals surface area contributed by atoms with Crippen molar-refractivity contribution in [2.45, 2.75) is 18.9 Å². The Morgan fingerprint density at radius 3 is 2.81 bits per heavy atom. The Hall–Kier alpha value is -3.29. The van der Waals surface area contributed by atoms with E-state index in [-0.39, 0.29) is 11.9 Å². The third kappa shape index (κ3) is 3.53. The molecule has 1 amide bonds. The van der Waals surface area contributed by atoms with Gasteiger partial charge in [0.15, 0.2) is 11.5 Å². The second-order valence-corrected chi connectivity index (χ2v) is 6.12. The summed E-state index contributed by atoms with van der Waals surface area (Å²) >= 11 is 0. The summed E-state index contributed by atoms with van der Waals surface area (Å²) in [7, 11) is 0. The molecule has 3 aromatic heterocycles. The minimum Gasteiger partial charge on any atom is -0.367 e. The van der Waals surface area contributed by atoms with E-state index >= 15 is 0 Å². The lowest BCUT2D eigenvalue weighted by molar-refractivity contribution is 0.0708. The highest BCUT2D eigenvalue weighted by molar-refractivity contribution is 5.93.